The zero-order chi connectivity index (χ0) is 14.7. The first kappa shape index (κ1) is 13.8. The van der Waals surface area contributed by atoms with E-state index in [4.69, 9.17) is 0 Å². The minimum Gasteiger partial charge on any atom is -0.321 e. The Kier molecular flexibility index (Phi) is 3.98. The maximum atomic E-state index is 10.7. The summed E-state index contributed by atoms with van der Waals surface area (Å²) in [7, 11) is 0. The first-order valence-electron chi connectivity index (χ1n) is 6.05. The van der Waals surface area contributed by atoms with Crippen molar-refractivity contribution in [2.45, 2.75) is 16.0 Å². The third kappa shape index (κ3) is 3.29. The van der Waals surface area contributed by atoms with Crippen molar-refractivity contribution in [3.8, 4) is 0 Å². The molecule has 0 aliphatic heterocycles. The molecule has 0 unspecified atom stereocenters. The zero-order valence-electron chi connectivity index (χ0n) is 10.7. The van der Waals surface area contributed by atoms with E-state index < -0.39 is 4.92 Å². The summed E-state index contributed by atoms with van der Waals surface area (Å²) in [5, 5.41) is 11.5. The van der Waals surface area contributed by atoms with Gasteiger partial charge in [-0.25, -0.2) is 9.97 Å². The Bertz CT molecular complexity index is 754. The minimum absolute atomic E-state index is 0.0404. The predicted molar refractivity (Wildman–Crippen MR) is 80.7 cm³/mol. The fraction of sp³-hybridized carbons (Fsp3) is 0.0769. The minimum atomic E-state index is -0.432. The molecule has 0 aliphatic carbocycles. The standard InChI is InChI=1S/C13H10N4O2S2/c18-17(19)11-8-15-13(20-11)21-12-14-6-7-16(12)9-10-4-2-1-3-5-10/h1-8H,9H2. The van der Waals surface area contributed by atoms with Gasteiger partial charge in [0.25, 0.3) is 0 Å². The van der Waals surface area contributed by atoms with Gasteiger partial charge in [-0.2, -0.15) is 0 Å². The van der Waals surface area contributed by atoms with Crippen LogP contribution in [0.5, 0.6) is 0 Å². The normalized spacial score (nSPS) is 10.7. The molecule has 0 aliphatic rings. The van der Waals surface area contributed by atoms with Gasteiger partial charge >= 0.3 is 5.00 Å². The van der Waals surface area contributed by atoms with E-state index in [1.165, 1.54) is 23.5 Å². The maximum Gasteiger partial charge on any atom is 0.344 e. The highest BCUT2D eigenvalue weighted by Crippen LogP contribution is 2.33. The van der Waals surface area contributed by atoms with Crippen LogP contribution < -0.4 is 0 Å². The number of hydrogen-bond donors (Lipinski definition) is 0. The fourth-order valence-electron chi connectivity index (χ4n) is 1.76. The fourth-order valence-corrected chi connectivity index (χ4v) is 3.49. The maximum absolute atomic E-state index is 10.7. The summed E-state index contributed by atoms with van der Waals surface area (Å²) >= 11 is 2.39. The smallest absolute Gasteiger partial charge is 0.321 e. The van der Waals surface area contributed by atoms with Gasteiger partial charge in [0.2, 0.25) is 0 Å². The van der Waals surface area contributed by atoms with Crippen LogP contribution in [0.15, 0.2) is 58.4 Å². The lowest BCUT2D eigenvalue weighted by molar-refractivity contribution is -0.380. The van der Waals surface area contributed by atoms with E-state index in [0.717, 1.165) is 16.5 Å². The molecule has 0 fully saturated rings. The molecule has 1 aromatic carbocycles. The Morgan fingerprint density at radius 3 is 2.81 bits per heavy atom. The van der Waals surface area contributed by atoms with Crippen molar-refractivity contribution in [1.82, 2.24) is 14.5 Å². The van der Waals surface area contributed by atoms with Crippen molar-refractivity contribution in [1.29, 1.82) is 0 Å². The van der Waals surface area contributed by atoms with Gasteiger partial charge in [-0.3, -0.25) is 10.1 Å². The molecule has 0 spiro atoms. The Balaban J connectivity index is 1.77. The molecular weight excluding hydrogens is 308 g/mol. The van der Waals surface area contributed by atoms with Gasteiger partial charge in [-0.05, 0) is 28.7 Å². The van der Waals surface area contributed by atoms with Crippen LogP contribution in [0.1, 0.15) is 5.56 Å². The second kappa shape index (κ2) is 6.06. The Morgan fingerprint density at radius 2 is 2.10 bits per heavy atom. The van der Waals surface area contributed by atoms with Crippen LogP contribution in [-0.2, 0) is 6.54 Å². The van der Waals surface area contributed by atoms with E-state index in [1.54, 1.807) is 6.20 Å². The third-order valence-corrected chi connectivity index (χ3v) is 4.75. The monoisotopic (exact) mass is 318 g/mol. The van der Waals surface area contributed by atoms with E-state index in [1.807, 2.05) is 41.1 Å². The van der Waals surface area contributed by atoms with Crippen molar-refractivity contribution in [2.24, 2.45) is 0 Å². The molecule has 6 nitrogen and oxygen atoms in total. The second-order valence-electron chi connectivity index (χ2n) is 4.15. The summed E-state index contributed by atoms with van der Waals surface area (Å²) in [6.45, 7) is 0.705. The average molecular weight is 318 g/mol. The van der Waals surface area contributed by atoms with Gasteiger partial charge in [0.1, 0.15) is 6.20 Å². The lowest BCUT2D eigenvalue weighted by atomic mass is 10.2. The molecular formula is C13H10N4O2S2. The lowest BCUT2D eigenvalue weighted by Gasteiger charge is -2.06. The van der Waals surface area contributed by atoms with E-state index in [-0.39, 0.29) is 5.00 Å². The SMILES string of the molecule is O=[N+]([O-])c1cnc(Sc2nccn2Cc2ccccc2)s1. The molecule has 3 rings (SSSR count). The molecule has 0 bridgehead atoms. The zero-order valence-corrected chi connectivity index (χ0v) is 12.4. The van der Waals surface area contributed by atoms with Gasteiger partial charge in [0, 0.05) is 18.9 Å². The number of aromatic nitrogens is 3. The van der Waals surface area contributed by atoms with E-state index in [2.05, 4.69) is 9.97 Å². The molecule has 8 heteroatoms. The van der Waals surface area contributed by atoms with Crippen molar-refractivity contribution in [3.05, 3.63) is 64.6 Å². The molecule has 0 N–H and O–H groups in total. The van der Waals surface area contributed by atoms with Crippen LogP contribution in [0.4, 0.5) is 5.00 Å². The number of benzene rings is 1. The molecule has 2 heterocycles. The first-order valence-corrected chi connectivity index (χ1v) is 7.69. The van der Waals surface area contributed by atoms with Gasteiger partial charge < -0.3 is 4.57 Å². The van der Waals surface area contributed by atoms with Crippen molar-refractivity contribution >= 4 is 28.1 Å². The number of thiazole rings is 1. The van der Waals surface area contributed by atoms with Gasteiger partial charge in [-0.1, -0.05) is 30.3 Å². The second-order valence-corrected chi connectivity index (χ2v) is 6.37. The Labute approximate surface area is 128 Å². The number of rotatable bonds is 5. The quantitative estimate of drug-likeness (QED) is 0.532. The molecule has 0 saturated carbocycles. The van der Waals surface area contributed by atoms with Crippen LogP contribution >= 0.6 is 23.1 Å². The lowest BCUT2D eigenvalue weighted by Crippen LogP contribution is -1.99. The van der Waals surface area contributed by atoms with Crippen molar-refractivity contribution in [3.63, 3.8) is 0 Å². The molecule has 3 aromatic rings. The van der Waals surface area contributed by atoms with Crippen molar-refractivity contribution in [2.75, 3.05) is 0 Å². The molecule has 0 amide bonds. The highest BCUT2D eigenvalue weighted by Gasteiger charge is 2.14. The highest BCUT2D eigenvalue weighted by molar-refractivity contribution is 8.00. The van der Waals surface area contributed by atoms with Crippen molar-refractivity contribution < 1.29 is 4.92 Å². The number of hydrogen-bond acceptors (Lipinski definition) is 6. The molecule has 21 heavy (non-hydrogen) atoms. The average Bonchev–Trinajstić information content (AvgIpc) is 3.11. The van der Waals surface area contributed by atoms with E-state index in [9.17, 15) is 10.1 Å². The number of nitro groups is 1. The van der Waals surface area contributed by atoms with Crippen LogP contribution in [-0.4, -0.2) is 19.5 Å². The first-order chi connectivity index (χ1) is 10.2. The molecule has 2 aromatic heterocycles. The molecule has 106 valence electrons. The summed E-state index contributed by atoms with van der Waals surface area (Å²) in [4.78, 5) is 18.6. The van der Waals surface area contributed by atoms with Crippen LogP contribution in [0.25, 0.3) is 0 Å². The van der Waals surface area contributed by atoms with E-state index >= 15 is 0 Å². The summed E-state index contributed by atoms with van der Waals surface area (Å²) in [5.41, 5.74) is 1.17. The number of nitrogens with zero attached hydrogens (tertiary/aromatic N) is 4. The van der Waals surface area contributed by atoms with Crippen LogP contribution in [0, 0.1) is 10.1 Å². The third-order valence-electron chi connectivity index (χ3n) is 2.70. The number of imidazole rings is 1. The molecule has 0 radical (unpaired) electrons. The summed E-state index contributed by atoms with van der Waals surface area (Å²) in [6.07, 6.45) is 4.88. The Hall–Kier alpha value is -2.19. The van der Waals surface area contributed by atoms with Gasteiger partial charge in [0.05, 0.1) is 4.92 Å². The van der Waals surface area contributed by atoms with E-state index in [0.29, 0.717) is 10.9 Å². The van der Waals surface area contributed by atoms with Crippen LogP contribution in [0.2, 0.25) is 0 Å². The molecule has 0 atom stereocenters. The largest absolute Gasteiger partial charge is 0.344 e. The van der Waals surface area contributed by atoms with Gasteiger partial charge in [-0.15, -0.1) is 0 Å². The van der Waals surface area contributed by atoms with Crippen LogP contribution in [0.3, 0.4) is 0 Å². The highest BCUT2D eigenvalue weighted by atomic mass is 32.2. The summed E-state index contributed by atoms with van der Waals surface area (Å²) in [6, 6.07) is 10.0. The topological polar surface area (TPSA) is 73.8 Å². The predicted octanol–water partition coefficient (Wildman–Crippen LogP) is 3.45. The Morgan fingerprint density at radius 1 is 1.29 bits per heavy atom. The van der Waals surface area contributed by atoms with Gasteiger partial charge in [0.15, 0.2) is 9.50 Å². The summed E-state index contributed by atoms with van der Waals surface area (Å²) < 4.78 is 2.61. The summed E-state index contributed by atoms with van der Waals surface area (Å²) in [5.74, 6) is 0. The molecule has 0 saturated heterocycles.